The van der Waals surface area contributed by atoms with Crippen molar-refractivity contribution in [3.05, 3.63) is 29.3 Å². The summed E-state index contributed by atoms with van der Waals surface area (Å²) in [6, 6.07) is 6.33. The lowest BCUT2D eigenvalue weighted by Crippen LogP contribution is -2.40. The van der Waals surface area contributed by atoms with E-state index in [1.165, 1.54) is 0 Å². The minimum absolute atomic E-state index is 0.238. The average Bonchev–Trinajstić information content (AvgIpc) is 2.35. The van der Waals surface area contributed by atoms with Crippen LogP contribution < -0.4 is 9.62 Å². The number of sulfonamides is 1. The van der Waals surface area contributed by atoms with E-state index in [0.29, 0.717) is 23.2 Å². The molecule has 1 aromatic rings. The highest BCUT2D eigenvalue weighted by Gasteiger charge is 2.20. The second-order valence-electron chi connectivity index (χ2n) is 5.28. The molecule has 0 spiro atoms. The van der Waals surface area contributed by atoms with Crippen molar-refractivity contribution in [3.63, 3.8) is 0 Å². The van der Waals surface area contributed by atoms with Crippen molar-refractivity contribution < 1.29 is 13.2 Å². The fourth-order valence-electron chi connectivity index (χ4n) is 1.69. The van der Waals surface area contributed by atoms with Gasteiger partial charge >= 0.3 is 0 Å². The van der Waals surface area contributed by atoms with Gasteiger partial charge in [-0.05, 0) is 36.6 Å². The SMILES string of the molecule is CC(C)CCNC(=O)CN(c1ccc(Cl)cc1)S(C)(=O)=O. The number of anilines is 1. The number of amides is 1. The fraction of sp³-hybridized carbons (Fsp3) is 0.500. The molecule has 0 heterocycles. The predicted octanol–water partition coefficient (Wildman–Crippen LogP) is 2.27. The molecule has 0 unspecified atom stereocenters. The molecule has 0 radical (unpaired) electrons. The van der Waals surface area contributed by atoms with E-state index in [2.05, 4.69) is 19.2 Å². The maximum absolute atomic E-state index is 11.9. The maximum atomic E-state index is 11.9. The van der Waals surface area contributed by atoms with Gasteiger partial charge in [0.1, 0.15) is 6.54 Å². The predicted molar refractivity (Wildman–Crippen MR) is 86.1 cm³/mol. The Morgan fingerprint density at radius 1 is 1.29 bits per heavy atom. The lowest BCUT2D eigenvalue weighted by molar-refractivity contribution is -0.119. The van der Waals surface area contributed by atoms with Gasteiger partial charge in [-0.25, -0.2) is 8.42 Å². The third-order valence-corrected chi connectivity index (χ3v) is 4.24. The highest BCUT2D eigenvalue weighted by molar-refractivity contribution is 7.92. The Balaban J connectivity index is 2.76. The molecular weight excluding hydrogens is 312 g/mol. The molecule has 5 nitrogen and oxygen atoms in total. The Morgan fingerprint density at radius 3 is 2.33 bits per heavy atom. The van der Waals surface area contributed by atoms with E-state index in [1.54, 1.807) is 24.3 Å². The molecule has 0 bridgehead atoms. The van der Waals surface area contributed by atoms with E-state index in [9.17, 15) is 13.2 Å². The molecule has 7 heteroatoms. The van der Waals surface area contributed by atoms with Gasteiger partial charge < -0.3 is 5.32 Å². The van der Waals surface area contributed by atoms with E-state index in [1.807, 2.05) is 0 Å². The van der Waals surface area contributed by atoms with Gasteiger partial charge in [-0.15, -0.1) is 0 Å². The molecule has 0 saturated carbocycles. The molecule has 0 fully saturated rings. The van der Waals surface area contributed by atoms with Crippen LogP contribution in [0, 0.1) is 5.92 Å². The van der Waals surface area contributed by atoms with E-state index in [4.69, 9.17) is 11.6 Å². The molecule has 1 N–H and O–H groups in total. The van der Waals surface area contributed by atoms with Crippen LogP contribution in [0.5, 0.6) is 0 Å². The normalized spacial score (nSPS) is 11.5. The number of benzene rings is 1. The summed E-state index contributed by atoms with van der Waals surface area (Å²) < 4.78 is 24.8. The van der Waals surface area contributed by atoms with Crippen molar-refractivity contribution in [1.29, 1.82) is 0 Å². The van der Waals surface area contributed by atoms with Gasteiger partial charge in [0.15, 0.2) is 0 Å². The molecule has 1 amide bonds. The number of rotatable bonds is 7. The second-order valence-corrected chi connectivity index (χ2v) is 7.62. The minimum atomic E-state index is -3.54. The zero-order valence-electron chi connectivity index (χ0n) is 12.5. The third kappa shape index (κ3) is 6.35. The second kappa shape index (κ2) is 7.66. The summed E-state index contributed by atoms with van der Waals surface area (Å²) in [6.07, 6.45) is 1.93. The van der Waals surface area contributed by atoms with Crippen LogP contribution in [0.1, 0.15) is 20.3 Å². The molecule has 0 aliphatic carbocycles. The van der Waals surface area contributed by atoms with E-state index in [0.717, 1.165) is 17.0 Å². The van der Waals surface area contributed by atoms with Crippen molar-refractivity contribution in [2.75, 3.05) is 23.7 Å². The first kappa shape index (κ1) is 17.8. The lowest BCUT2D eigenvalue weighted by Gasteiger charge is -2.22. The van der Waals surface area contributed by atoms with Crippen molar-refractivity contribution in [1.82, 2.24) is 5.32 Å². The smallest absolute Gasteiger partial charge is 0.240 e. The number of hydrogen-bond donors (Lipinski definition) is 1. The number of nitrogens with zero attached hydrogens (tertiary/aromatic N) is 1. The number of carbonyl (C=O) groups is 1. The van der Waals surface area contributed by atoms with E-state index in [-0.39, 0.29) is 12.5 Å². The standard InChI is InChI=1S/C14H21ClN2O3S/c1-11(2)8-9-16-14(18)10-17(21(3,19)20)13-6-4-12(15)5-7-13/h4-7,11H,8-10H2,1-3H3,(H,16,18). The fourth-order valence-corrected chi connectivity index (χ4v) is 2.68. The zero-order chi connectivity index (χ0) is 16.0. The molecular formula is C14H21ClN2O3S. The number of halogens is 1. The molecule has 1 rings (SSSR count). The number of nitrogens with one attached hydrogen (secondary N) is 1. The van der Waals surface area contributed by atoms with Crippen molar-refractivity contribution in [2.45, 2.75) is 20.3 Å². The Labute approximate surface area is 131 Å². The van der Waals surface area contributed by atoms with Crippen molar-refractivity contribution in [2.24, 2.45) is 5.92 Å². The monoisotopic (exact) mass is 332 g/mol. The molecule has 1 aromatic carbocycles. The van der Waals surface area contributed by atoms with Crippen LogP contribution in [-0.4, -0.2) is 33.7 Å². The Hall–Kier alpha value is -1.27. The summed E-state index contributed by atoms with van der Waals surface area (Å²) in [4.78, 5) is 11.9. The maximum Gasteiger partial charge on any atom is 0.240 e. The van der Waals surface area contributed by atoms with Crippen LogP contribution in [-0.2, 0) is 14.8 Å². The zero-order valence-corrected chi connectivity index (χ0v) is 14.0. The van der Waals surface area contributed by atoms with Crippen LogP contribution in [0.3, 0.4) is 0 Å². The van der Waals surface area contributed by atoms with Crippen LogP contribution in [0.4, 0.5) is 5.69 Å². The Bertz CT molecular complexity index is 570. The Kier molecular flexibility index (Phi) is 6.48. The van der Waals surface area contributed by atoms with Gasteiger partial charge in [-0.1, -0.05) is 25.4 Å². The summed E-state index contributed by atoms with van der Waals surface area (Å²) in [7, 11) is -3.54. The summed E-state index contributed by atoms with van der Waals surface area (Å²) in [5.74, 6) is 0.156. The van der Waals surface area contributed by atoms with Crippen molar-refractivity contribution in [3.8, 4) is 0 Å². The van der Waals surface area contributed by atoms with E-state index >= 15 is 0 Å². The van der Waals surface area contributed by atoms with E-state index < -0.39 is 10.0 Å². The summed E-state index contributed by atoms with van der Waals surface area (Å²) in [5.41, 5.74) is 0.418. The van der Waals surface area contributed by atoms with Crippen LogP contribution in [0.2, 0.25) is 5.02 Å². The van der Waals surface area contributed by atoms with Gasteiger partial charge in [0.2, 0.25) is 15.9 Å². The van der Waals surface area contributed by atoms with Gasteiger partial charge in [0, 0.05) is 11.6 Å². The van der Waals surface area contributed by atoms with Crippen LogP contribution in [0.15, 0.2) is 24.3 Å². The van der Waals surface area contributed by atoms with Gasteiger partial charge in [-0.2, -0.15) is 0 Å². The van der Waals surface area contributed by atoms with Gasteiger partial charge in [0.05, 0.1) is 11.9 Å². The highest BCUT2D eigenvalue weighted by atomic mass is 35.5. The lowest BCUT2D eigenvalue weighted by atomic mass is 10.1. The molecule has 0 saturated heterocycles. The first-order chi connectivity index (χ1) is 9.70. The third-order valence-electron chi connectivity index (χ3n) is 2.85. The van der Waals surface area contributed by atoms with Gasteiger partial charge in [-0.3, -0.25) is 9.10 Å². The molecule has 0 aliphatic rings. The largest absolute Gasteiger partial charge is 0.355 e. The van der Waals surface area contributed by atoms with Gasteiger partial charge in [0.25, 0.3) is 0 Å². The molecule has 21 heavy (non-hydrogen) atoms. The first-order valence-corrected chi connectivity index (χ1v) is 8.92. The quantitative estimate of drug-likeness (QED) is 0.833. The number of carbonyl (C=O) groups excluding carboxylic acids is 1. The molecule has 0 atom stereocenters. The molecule has 118 valence electrons. The molecule has 0 aliphatic heterocycles. The summed E-state index contributed by atoms with van der Waals surface area (Å²) >= 11 is 5.79. The summed E-state index contributed by atoms with van der Waals surface area (Å²) in [5, 5.41) is 3.23. The number of hydrogen-bond acceptors (Lipinski definition) is 3. The highest BCUT2D eigenvalue weighted by Crippen LogP contribution is 2.20. The van der Waals surface area contributed by atoms with Crippen molar-refractivity contribution >= 4 is 33.2 Å². The van der Waals surface area contributed by atoms with Crippen LogP contribution >= 0.6 is 11.6 Å². The summed E-state index contributed by atoms with van der Waals surface area (Å²) in [6.45, 7) is 4.42. The average molecular weight is 333 g/mol. The Morgan fingerprint density at radius 2 is 1.86 bits per heavy atom. The first-order valence-electron chi connectivity index (χ1n) is 6.70. The molecule has 0 aromatic heterocycles. The minimum Gasteiger partial charge on any atom is -0.355 e. The topological polar surface area (TPSA) is 66.5 Å². The van der Waals surface area contributed by atoms with Crippen LogP contribution in [0.25, 0.3) is 0 Å².